The molecular weight excluding hydrogens is 290 g/mol. The number of methoxy groups -OCH3 is 1. The molecule has 0 spiro atoms. The average Bonchev–Trinajstić information content (AvgIpc) is 2.93. The minimum Gasteiger partial charge on any atom is -0.465 e. The van der Waals surface area contributed by atoms with Crippen LogP contribution in [0.2, 0.25) is 0 Å². The van der Waals surface area contributed by atoms with Gasteiger partial charge >= 0.3 is 5.97 Å². The fourth-order valence-corrected chi connectivity index (χ4v) is 2.91. The predicted octanol–water partition coefficient (Wildman–Crippen LogP) is 2.30. The molecule has 0 aliphatic heterocycles. The number of aryl methyl sites for hydroxylation is 3. The molecular formula is C14H17N3O3S. The molecule has 0 unspecified atom stereocenters. The highest BCUT2D eigenvalue weighted by Crippen LogP contribution is 2.28. The van der Waals surface area contributed by atoms with Crippen LogP contribution in [0.5, 0.6) is 0 Å². The maximum absolute atomic E-state index is 12.1. The van der Waals surface area contributed by atoms with E-state index in [4.69, 9.17) is 4.74 Å². The maximum atomic E-state index is 12.1. The summed E-state index contributed by atoms with van der Waals surface area (Å²) < 4.78 is 6.34. The molecule has 2 aromatic rings. The summed E-state index contributed by atoms with van der Waals surface area (Å²) in [4.78, 5) is 24.2. The SMILES string of the molecule is COC(=O)c1scc(C)c1NC(=O)Cn1nc(C)cc1C. The quantitative estimate of drug-likeness (QED) is 0.880. The third kappa shape index (κ3) is 3.30. The van der Waals surface area contributed by atoms with Crippen LogP contribution in [0.1, 0.15) is 26.6 Å². The van der Waals surface area contributed by atoms with E-state index >= 15 is 0 Å². The van der Waals surface area contributed by atoms with Gasteiger partial charge in [0.2, 0.25) is 5.91 Å². The van der Waals surface area contributed by atoms with Gasteiger partial charge in [0.15, 0.2) is 0 Å². The molecule has 1 N–H and O–H groups in total. The minimum atomic E-state index is -0.450. The Bertz CT molecular complexity index is 688. The van der Waals surface area contributed by atoms with Gasteiger partial charge in [-0.25, -0.2) is 4.79 Å². The Kier molecular flexibility index (Phi) is 4.42. The third-order valence-electron chi connectivity index (χ3n) is 3.01. The minimum absolute atomic E-state index is 0.107. The smallest absolute Gasteiger partial charge is 0.350 e. The van der Waals surface area contributed by atoms with E-state index in [-0.39, 0.29) is 12.5 Å². The number of nitrogens with one attached hydrogen (secondary N) is 1. The highest BCUT2D eigenvalue weighted by atomic mass is 32.1. The third-order valence-corrected chi connectivity index (χ3v) is 4.08. The molecule has 0 aliphatic rings. The molecule has 7 heteroatoms. The van der Waals surface area contributed by atoms with Crippen LogP contribution < -0.4 is 5.32 Å². The van der Waals surface area contributed by atoms with Crippen molar-refractivity contribution in [3.63, 3.8) is 0 Å². The van der Waals surface area contributed by atoms with E-state index in [0.717, 1.165) is 17.0 Å². The van der Waals surface area contributed by atoms with E-state index in [1.165, 1.54) is 18.4 Å². The summed E-state index contributed by atoms with van der Waals surface area (Å²) in [5.41, 5.74) is 3.13. The monoisotopic (exact) mass is 307 g/mol. The number of hydrogen-bond acceptors (Lipinski definition) is 5. The van der Waals surface area contributed by atoms with E-state index in [0.29, 0.717) is 10.6 Å². The van der Waals surface area contributed by atoms with Gasteiger partial charge in [-0.15, -0.1) is 11.3 Å². The Hall–Kier alpha value is -2.15. The number of aromatic nitrogens is 2. The Balaban J connectivity index is 2.15. The Morgan fingerprint density at radius 3 is 2.67 bits per heavy atom. The molecule has 1 amide bonds. The fourth-order valence-electron chi connectivity index (χ4n) is 1.99. The number of carbonyl (C=O) groups excluding carboxylic acids is 2. The molecule has 21 heavy (non-hydrogen) atoms. The van der Waals surface area contributed by atoms with E-state index in [9.17, 15) is 9.59 Å². The topological polar surface area (TPSA) is 73.2 Å². The van der Waals surface area contributed by atoms with Gasteiger partial charge in [-0.2, -0.15) is 5.10 Å². The van der Waals surface area contributed by atoms with Gasteiger partial charge in [0, 0.05) is 5.69 Å². The fraction of sp³-hybridized carbons (Fsp3) is 0.357. The van der Waals surface area contributed by atoms with Crippen LogP contribution in [-0.4, -0.2) is 28.8 Å². The highest BCUT2D eigenvalue weighted by molar-refractivity contribution is 7.12. The zero-order valence-corrected chi connectivity index (χ0v) is 13.2. The molecule has 0 aliphatic carbocycles. The highest BCUT2D eigenvalue weighted by Gasteiger charge is 2.19. The lowest BCUT2D eigenvalue weighted by atomic mass is 10.2. The van der Waals surface area contributed by atoms with Crippen molar-refractivity contribution >= 4 is 28.9 Å². The van der Waals surface area contributed by atoms with E-state index in [1.807, 2.05) is 32.2 Å². The first-order valence-corrected chi connectivity index (χ1v) is 7.27. The number of rotatable bonds is 4. The summed E-state index contributed by atoms with van der Waals surface area (Å²) in [6.45, 7) is 5.71. The van der Waals surface area contributed by atoms with Crippen LogP contribution in [-0.2, 0) is 16.1 Å². The van der Waals surface area contributed by atoms with E-state index in [2.05, 4.69) is 10.4 Å². The number of nitrogens with zero attached hydrogens (tertiary/aromatic N) is 2. The largest absolute Gasteiger partial charge is 0.465 e. The summed E-state index contributed by atoms with van der Waals surface area (Å²) in [5, 5.41) is 8.82. The Morgan fingerprint density at radius 1 is 1.38 bits per heavy atom. The Labute approximate surface area is 126 Å². The van der Waals surface area contributed by atoms with E-state index in [1.54, 1.807) is 4.68 Å². The van der Waals surface area contributed by atoms with Crippen LogP contribution in [0.4, 0.5) is 5.69 Å². The molecule has 2 aromatic heterocycles. The molecule has 112 valence electrons. The first-order valence-electron chi connectivity index (χ1n) is 6.39. The molecule has 0 radical (unpaired) electrons. The average molecular weight is 307 g/mol. The molecule has 6 nitrogen and oxygen atoms in total. The van der Waals surface area contributed by atoms with Crippen molar-refractivity contribution in [2.45, 2.75) is 27.3 Å². The number of ether oxygens (including phenoxy) is 1. The predicted molar refractivity (Wildman–Crippen MR) is 80.7 cm³/mol. The van der Waals surface area contributed by atoms with Crippen molar-refractivity contribution in [3.05, 3.63) is 33.3 Å². The van der Waals surface area contributed by atoms with Crippen molar-refractivity contribution in [1.29, 1.82) is 0 Å². The van der Waals surface area contributed by atoms with Crippen molar-refractivity contribution in [1.82, 2.24) is 9.78 Å². The molecule has 0 saturated heterocycles. The van der Waals surface area contributed by atoms with Crippen LogP contribution in [0, 0.1) is 20.8 Å². The molecule has 0 atom stereocenters. The number of anilines is 1. The standard InChI is InChI=1S/C14H17N3O3S/c1-8-7-21-13(14(19)20-4)12(8)15-11(18)6-17-10(3)5-9(2)16-17/h5,7H,6H2,1-4H3,(H,15,18). The van der Waals surface area contributed by atoms with Gasteiger partial charge in [0.25, 0.3) is 0 Å². The van der Waals surface area contributed by atoms with Crippen molar-refractivity contribution in [2.75, 3.05) is 12.4 Å². The second-order valence-electron chi connectivity index (χ2n) is 4.75. The molecule has 0 saturated carbocycles. The van der Waals surface area contributed by atoms with Gasteiger partial charge in [0.05, 0.1) is 18.5 Å². The van der Waals surface area contributed by atoms with Crippen LogP contribution in [0.3, 0.4) is 0 Å². The maximum Gasteiger partial charge on any atom is 0.350 e. The molecule has 0 aromatic carbocycles. The Morgan fingerprint density at radius 2 is 2.10 bits per heavy atom. The first-order chi connectivity index (χ1) is 9.92. The first kappa shape index (κ1) is 15.2. The lowest BCUT2D eigenvalue weighted by molar-refractivity contribution is -0.116. The van der Waals surface area contributed by atoms with Crippen LogP contribution in [0.15, 0.2) is 11.4 Å². The zero-order valence-electron chi connectivity index (χ0n) is 12.4. The molecule has 2 rings (SSSR count). The van der Waals surface area contributed by atoms with Crippen LogP contribution >= 0.6 is 11.3 Å². The second kappa shape index (κ2) is 6.09. The summed E-state index contributed by atoms with van der Waals surface area (Å²) in [7, 11) is 1.32. The summed E-state index contributed by atoms with van der Waals surface area (Å²) in [6, 6.07) is 1.91. The van der Waals surface area contributed by atoms with Crippen molar-refractivity contribution < 1.29 is 14.3 Å². The molecule has 0 fully saturated rings. The lowest BCUT2D eigenvalue weighted by Crippen LogP contribution is -2.21. The zero-order chi connectivity index (χ0) is 15.6. The molecule has 2 heterocycles. The lowest BCUT2D eigenvalue weighted by Gasteiger charge is -2.08. The number of thiophene rings is 1. The number of hydrogen-bond donors (Lipinski definition) is 1. The second-order valence-corrected chi connectivity index (χ2v) is 5.63. The number of esters is 1. The van der Waals surface area contributed by atoms with Gasteiger partial charge in [0.1, 0.15) is 11.4 Å². The number of carbonyl (C=O) groups is 2. The van der Waals surface area contributed by atoms with Crippen LogP contribution in [0.25, 0.3) is 0 Å². The molecule has 0 bridgehead atoms. The van der Waals surface area contributed by atoms with Gasteiger partial charge in [-0.05, 0) is 37.8 Å². The summed E-state index contributed by atoms with van der Waals surface area (Å²) in [6.07, 6.45) is 0. The van der Waals surface area contributed by atoms with Crippen molar-refractivity contribution in [3.8, 4) is 0 Å². The number of amides is 1. The van der Waals surface area contributed by atoms with E-state index < -0.39 is 5.97 Å². The normalized spacial score (nSPS) is 10.5. The summed E-state index contributed by atoms with van der Waals surface area (Å²) in [5.74, 6) is -0.678. The summed E-state index contributed by atoms with van der Waals surface area (Å²) >= 11 is 1.25. The van der Waals surface area contributed by atoms with Gasteiger partial charge in [-0.1, -0.05) is 0 Å². The van der Waals surface area contributed by atoms with Crippen molar-refractivity contribution in [2.24, 2.45) is 0 Å². The van der Waals surface area contributed by atoms with Gasteiger partial charge in [-0.3, -0.25) is 9.48 Å². The van der Waals surface area contributed by atoms with Gasteiger partial charge < -0.3 is 10.1 Å².